The van der Waals surface area contributed by atoms with E-state index < -0.39 is 0 Å². The molecule has 0 heterocycles. The molecule has 0 saturated carbocycles. The van der Waals surface area contributed by atoms with Gasteiger partial charge in [-0.1, -0.05) is 13.0 Å². The smallest absolute Gasteiger partial charge is 0.0537 e. The summed E-state index contributed by atoms with van der Waals surface area (Å²) in [6.07, 6.45) is 3.76. The van der Waals surface area contributed by atoms with Crippen LogP contribution in [0.4, 0.5) is 0 Å². The molecular weight excluding hydrogens is 112 g/mol. The molecule has 1 heteroatoms. The van der Waals surface area contributed by atoms with E-state index in [2.05, 4.69) is 6.58 Å². The van der Waals surface area contributed by atoms with Gasteiger partial charge in [-0.25, -0.2) is 0 Å². The molecule has 0 aromatic carbocycles. The molecule has 0 aromatic heterocycles. The van der Waals surface area contributed by atoms with Gasteiger partial charge in [-0.15, -0.1) is 6.58 Å². The van der Waals surface area contributed by atoms with Crippen LogP contribution in [0.5, 0.6) is 0 Å². The molecule has 0 spiro atoms. The minimum atomic E-state index is -0.176. The third-order valence-corrected chi connectivity index (χ3v) is 1.65. The number of hydrogen-bond acceptors (Lipinski definition) is 1. The summed E-state index contributed by atoms with van der Waals surface area (Å²) >= 11 is 0. The fourth-order valence-electron chi connectivity index (χ4n) is 0.622. The topological polar surface area (TPSA) is 20.2 Å². The normalized spacial score (nSPS) is 16.8. The van der Waals surface area contributed by atoms with Gasteiger partial charge >= 0.3 is 0 Å². The minimum Gasteiger partial charge on any atom is -0.393 e. The van der Waals surface area contributed by atoms with Gasteiger partial charge in [-0.2, -0.15) is 0 Å². The van der Waals surface area contributed by atoms with E-state index in [0.29, 0.717) is 5.92 Å². The number of hydrogen-bond donors (Lipinski definition) is 1. The lowest BCUT2D eigenvalue weighted by atomic mass is 10.0. The van der Waals surface area contributed by atoms with Crippen LogP contribution in [0.2, 0.25) is 0 Å². The summed E-state index contributed by atoms with van der Waals surface area (Å²) in [5.74, 6) is 0.406. The molecule has 0 saturated heterocycles. The van der Waals surface area contributed by atoms with Crippen molar-refractivity contribution in [3.8, 4) is 0 Å². The molecule has 1 N–H and O–H groups in total. The van der Waals surface area contributed by atoms with Crippen molar-refractivity contribution in [2.75, 3.05) is 0 Å². The van der Waals surface area contributed by atoms with Crippen molar-refractivity contribution >= 4 is 0 Å². The van der Waals surface area contributed by atoms with E-state index >= 15 is 0 Å². The first-order valence-electron chi connectivity index (χ1n) is 3.47. The van der Waals surface area contributed by atoms with E-state index in [9.17, 15) is 0 Å². The van der Waals surface area contributed by atoms with Crippen LogP contribution in [-0.4, -0.2) is 11.2 Å². The minimum absolute atomic E-state index is 0.176. The van der Waals surface area contributed by atoms with E-state index in [0.717, 1.165) is 12.8 Å². The third kappa shape index (κ3) is 4.22. The molecule has 0 radical (unpaired) electrons. The molecule has 0 unspecified atom stereocenters. The molecule has 0 aliphatic heterocycles. The van der Waals surface area contributed by atoms with Crippen molar-refractivity contribution in [1.29, 1.82) is 0 Å². The van der Waals surface area contributed by atoms with Crippen LogP contribution in [-0.2, 0) is 0 Å². The molecule has 9 heavy (non-hydrogen) atoms. The van der Waals surface area contributed by atoms with Gasteiger partial charge in [0.2, 0.25) is 0 Å². The molecule has 0 fully saturated rings. The van der Waals surface area contributed by atoms with Gasteiger partial charge in [0.15, 0.2) is 0 Å². The second-order valence-electron chi connectivity index (χ2n) is 2.58. The average molecular weight is 128 g/mol. The molecule has 0 aromatic rings. The predicted octanol–water partition coefficient (Wildman–Crippen LogP) is 1.97. The van der Waals surface area contributed by atoms with Gasteiger partial charge < -0.3 is 5.11 Å². The summed E-state index contributed by atoms with van der Waals surface area (Å²) < 4.78 is 0. The van der Waals surface area contributed by atoms with Crippen molar-refractivity contribution < 1.29 is 5.11 Å². The third-order valence-electron chi connectivity index (χ3n) is 1.65. The zero-order valence-corrected chi connectivity index (χ0v) is 6.30. The van der Waals surface area contributed by atoms with E-state index in [4.69, 9.17) is 5.11 Å². The lowest BCUT2D eigenvalue weighted by Gasteiger charge is -2.11. The monoisotopic (exact) mass is 128 g/mol. The fourth-order valence-corrected chi connectivity index (χ4v) is 0.622. The standard InChI is InChI=1S/C8H16O/c1-4-5-6-7(2)8(3)9/h4,7-9H,1,5-6H2,2-3H3/t7-,8+/m1/s1. The van der Waals surface area contributed by atoms with Crippen LogP contribution in [0.25, 0.3) is 0 Å². The predicted molar refractivity (Wildman–Crippen MR) is 40.3 cm³/mol. The highest BCUT2D eigenvalue weighted by Crippen LogP contribution is 2.09. The van der Waals surface area contributed by atoms with Crippen molar-refractivity contribution in [2.45, 2.75) is 32.8 Å². The van der Waals surface area contributed by atoms with E-state index in [1.165, 1.54) is 0 Å². The Balaban J connectivity index is 3.26. The molecule has 54 valence electrons. The molecular formula is C8H16O. The number of allylic oxidation sites excluding steroid dienone is 1. The van der Waals surface area contributed by atoms with Crippen molar-refractivity contribution in [2.24, 2.45) is 5.92 Å². The first-order valence-corrected chi connectivity index (χ1v) is 3.47. The maximum absolute atomic E-state index is 9.01. The first kappa shape index (κ1) is 8.70. The molecule has 0 amide bonds. The largest absolute Gasteiger partial charge is 0.393 e. The van der Waals surface area contributed by atoms with Crippen LogP contribution >= 0.6 is 0 Å². The summed E-state index contributed by atoms with van der Waals surface area (Å²) in [7, 11) is 0. The highest BCUT2D eigenvalue weighted by Gasteiger charge is 2.05. The Hall–Kier alpha value is -0.300. The average Bonchev–Trinajstić information content (AvgIpc) is 1.82. The lowest BCUT2D eigenvalue weighted by Crippen LogP contribution is -2.12. The fraction of sp³-hybridized carbons (Fsp3) is 0.750. The van der Waals surface area contributed by atoms with Gasteiger partial charge in [-0.3, -0.25) is 0 Å². The summed E-state index contributed by atoms with van der Waals surface area (Å²) in [6, 6.07) is 0. The Morgan fingerprint density at radius 2 is 2.11 bits per heavy atom. The van der Waals surface area contributed by atoms with Crippen molar-refractivity contribution in [1.82, 2.24) is 0 Å². The Bertz CT molecular complexity index is 76.6. The SMILES string of the molecule is C=CCC[C@@H](C)[C@H](C)O. The Kier molecular flexibility index (Phi) is 4.41. The molecule has 1 nitrogen and oxygen atoms in total. The van der Waals surface area contributed by atoms with Crippen LogP contribution in [0, 0.1) is 5.92 Å². The maximum Gasteiger partial charge on any atom is 0.0537 e. The maximum atomic E-state index is 9.01. The highest BCUT2D eigenvalue weighted by atomic mass is 16.3. The van der Waals surface area contributed by atoms with Crippen molar-refractivity contribution in [3.63, 3.8) is 0 Å². The van der Waals surface area contributed by atoms with E-state index in [1.807, 2.05) is 19.9 Å². The van der Waals surface area contributed by atoms with E-state index in [1.54, 1.807) is 0 Å². The molecule has 0 bridgehead atoms. The molecule has 0 aliphatic rings. The second kappa shape index (κ2) is 4.57. The van der Waals surface area contributed by atoms with Gasteiger partial charge in [0.25, 0.3) is 0 Å². The summed E-state index contributed by atoms with van der Waals surface area (Å²) in [5, 5.41) is 9.01. The summed E-state index contributed by atoms with van der Waals surface area (Å²) in [4.78, 5) is 0. The quantitative estimate of drug-likeness (QED) is 0.574. The van der Waals surface area contributed by atoms with Crippen LogP contribution in [0.1, 0.15) is 26.7 Å². The van der Waals surface area contributed by atoms with Gasteiger partial charge in [0.05, 0.1) is 6.10 Å². The highest BCUT2D eigenvalue weighted by molar-refractivity contribution is 4.69. The Morgan fingerprint density at radius 1 is 1.56 bits per heavy atom. The first-order chi connectivity index (χ1) is 4.18. The Morgan fingerprint density at radius 3 is 2.44 bits per heavy atom. The van der Waals surface area contributed by atoms with Crippen LogP contribution in [0.3, 0.4) is 0 Å². The molecule has 0 aliphatic carbocycles. The summed E-state index contributed by atoms with van der Waals surface area (Å²) in [6.45, 7) is 7.49. The number of aliphatic hydroxyl groups is 1. The summed E-state index contributed by atoms with van der Waals surface area (Å²) in [5.41, 5.74) is 0. The lowest BCUT2D eigenvalue weighted by molar-refractivity contribution is 0.131. The van der Waals surface area contributed by atoms with Crippen molar-refractivity contribution in [3.05, 3.63) is 12.7 Å². The van der Waals surface area contributed by atoms with Crippen LogP contribution < -0.4 is 0 Å². The van der Waals surface area contributed by atoms with Gasteiger partial charge in [0.1, 0.15) is 0 Å². The van der Waals surface area contributed by atoms with Gasteiger partial charge in [0, 0.05) is 0 Å². The molecule has 2 atom stereocenters. The molecule has 0 rings (SSSR count). The number of rotatable bonds is 4. The van der Waals surface area contributed by atoms with Crippen LogP contribution in [0.15, 0.2) is 12.7 Å². The van der Waals surface area contributed by atoms with Gasteiger partial charge in [-0.05, 0) is 25.7 Å². The van der Waals surface area contributed by atoms with E-state index in [-0.39, 0.29) is 6.10 Å². The zero-order valence-electron chi connectivity index (χ0n) is 6.30. The Labute approximate surface area is 57.4 Å². The number of aliphatic hydroxyl groups excluding tert-OH is 1. The zero-order chi connectivity index (χ0) is 7.28. The second-order valence-corrected chi connectivity index (χ2v) is 2.58.